The molecule has 0 aliphatic carbocycles. The topological polar surface area (TPSA) is 89.9 Å². The summed E-state index contributed by atoms with van der Waals surface area (Å²) in [6.07, 6.45) is 2.50. The average molecular weight is 346 g/mol. The minimum Gasteiger partial charge on any atom is -0.478 e. The number of carbonyl (C=O) groups is 2. The lowest BCUT2D eigenvalue weighted by molar-refractivity contribution is -0.133. The molecular formula is C19H26N2O4. The number of aliphatic carboxylic acids is 1. The molecule has 2 unspecified atom stereocenters. The highest BCUT2D eigenvalue weighted by atomic mass is 16.4. The van der Waals surface area contributed by atoms with Gasteiger partial charge in [-0.05, 0) is 24.5 Å². The fourth-order valence-electron chi connectivity index (χ4n) is 3.50. The van der Waals surface area contributed by atoms with E-state index >= 15 is 0 Å². The Morgan fingerprint density at radius 1 is 1.28 bits per heavy atom. The van der Waals surface area contributed by atoms with E-state index in [9.17, 15) is 19.8 Å². The van der Waals surface area contributed by atoms with Crippen molar-refractivity contribution in [2.24, 2.45) is 5.92 Å². The van der Waals surface area contributed by atoms with Gasteiger partial charge in [0.05, 0.1) is 18.2 Å². The Bertz CT molecular complexity index is 642. The van der Waals surface area contributed by atoms with E-state index in [4.69, 9.17) is 0 Å². The summed E-state index contributed by atoms with van der Waals surface area (Å²) in [7, 11) is 0. The van der Waals surface area contributed by atoms with E-state index in [2.05, 4.69) is 5.32 Å². The zero-order valence-electron chi connectivity index (χ0n) is 14.7. The summed E-state index contributed by atoms with van der Waals surface area (Å²) in [6, 6.07) is 8.53. The van der Waals surface area contributed by atoms with Gasteiger partial charge in [-0.3, -0.25) is 4.79 Å². The lowest BCUT2D eigenvalue weighted by Crippen LogP contribution is -2.43. The predicted octanol–water partition coefficient (Wildman–Crippen LogP) is 2.47. The number of rotatable bonds is 9. The van der Waals surface area contributed by atoms with Gasteiger partial charge < -0.3 is 20.4 Å². The van der Waals surface area contributed by atoms with Crippen molar-refractivity contribution in [3.05, 3.63) is 41.6 Å². The Morgan fingerprint density at radius 2 is 1.96 bits per heavy atom. The Labute approximate surface area is 148 Å². The van der Waals surface area contributed by atoms with Gasteiger partial charge in [0.15, 0.2) is 0 Å². The highest BCUT2D eigenvalue weighted by molar-refractivity contribution is 6.09. The third kappa shape index (κ3) is 4.02. The van der Waals surface area contributed by atoms with Gasteiger partial charge in [0, 0.05) is 12.2 Å². The van der Waals surface area contributed by atoms with Crippen LogP contribution in [0.4, 0.5) is 5.69 Å². The molecule has 0 bridgehead atoms. The second kappa shape index (κ2) is 8.67. The number of hydrogen-bond acceptors (Lipinski definition) is 4. The van der Waals surface area contributed by atoms with Crippen molar-refractivity contribution in [2.75, 3.05) is 18.5 Å². The van der Waals surface area contributed by atoms with Crippen LogP contribution in [0.25, 0.3) is 0 Å². The van der Waals surface area contributed by atoms with Crippen molar-refractivity contribution in [2.45, 2.75) is 39.2 Å². The minimum absolute atomic E-state index is 0.0432. The normalized spacial score (nSPS) is 18.6. The second-order valence-electron chi connectivity index (χ2n) is 6.21. The van der Waals surface area contributed by atoms with Gasteiger partial charge in [-0.15, -0.1) is 0 Å². The van der Waals surface area contributed by atoms with Crippen molar-refractivity contribution in [1.82, 2.24) is 4.90 Å². The van der Waals surface area contributed by atoms with Crippen LogP contribution in [0.15, 0.2) is 41.6 Å². The zero-order valence-corrected chi connectivity index (χ0v) is 14.7. The minimum atomic E-state index is -1.09. The number of hydrogen-bond donors (Lipinski definition) is 3. The number of anilines is 1. The number of nitrogens with one attached hydrogen (secondary N) is 1. The van der Waals surface area contributed by atoms with Crippen LogP contribution in [-0.2, 0) is 9.59 Å². The van der Waals surface area contributed by atoms with E-state index in [1.165, 1.54) is 4.90 Å². The molecule has 1 aromatic rings. The number of amides is 1. The molecule has 1 heterocycles. The number of β-amino-alcohol motifs (C(OH)–C–C–N with tert-alkyl or cyclic N) is 1. The van der Waals surface area contributed by atoms with Crippen LogP contribution in [0, 0.1) is 5.92 Å². The third-order valence-corrected chi connectivity index (χ3v) is 4.62. The SMILES string of the molecule is CCCC(CC)C1C(C(=O)O)=C(Nc2ccccc2)C(=O)N1CCO. The Kier molecular flexibility index (Phi) is 6.58. The highest BCUT2D eigenvalue weighted by Gasteiger charge is 2.45. The van der Waals surface area contributed by atoms with Crippen LogP contribution in [0.1, 0.15) is 33.1 Å². The largest absolute Gasteiger partial charge is 0.478 e. The molecule has 6 heteroatoms. The summed E-state index contributed by atoms with van der Waals surface area (Å²) in [4.78, 5) is 26.4. The van der Waals surface area contributed by atoms with Gasteiger partial charge in [-0.2, -0.15) is 0 Å². The van der Waals surface area contributed by atoms with E-state index < -0.39 is 12.0 Å². The first-order valence-electron chi connectivity index (χ1n) is 8.76. The summed E-state index contributed by atoms with van der Waals surface area (Å²) in [6.45, 7) is 3.98. The first-order chi connectivity index (χ1) is 12.0. The van der Waals surface area contributed by atoms with Crippen LogP contribution in [0.3, 0.4) is 0 Å². The monoisotopic (exact) mass is 346 g/mol. The van der Waals surface area contributed by atoms with Crippen molar-refractivity contribution < 1.29 is 19.8 Å². The lowest BCUT2D eigenvalue weighted by atomic mass is 9.87. The van der Waals surface area contributed by atoms with Gasteiger partial charge in [0.2, 0.25) is 0 Å². The molecule has 0 fully saturated rings. The fourth-order valence-corrected chi connectivity index (χ4v) is 3.50. The maximum absolute atomic E-state index is 12.9. The standard InChI is InChI=1S/C19H26N2O4/c1-3-8-13(4-2)17-15(19(24)25)16(18(23)21(17)11-12-22)20-14-9-6-5-7-10-14/h5-7,9-10,13,17,20,22H,3-4,8,11-12H2,1-2H3,(H,24,25). The summed E-state index contributed by atoms with van der Waals surface area (Å²) >= 11 is 0. The number of nitrogens with zero attached hydrogens (tertiary/aromatic N) is 1. The Balaban J connectivity index is 2.48. The molecule has 0 radical (unpaired) electrons. The van der Waals surface area contributed by atoms with Gasteiger partial charge in [-0.25, -0.2) is 4.79 Å². The number of aliphatic hydroxyl groups excluding tert-OH is 1. The zero-order chi connectivity index (χ0) is 18.4. The van der Waals surface area contributed by atoms with E-state index in [1.807, 2.05) is 32.0 Å². The van der Waals surface area contributed by atoms with Gasteiger partial charge in [-0.1, -0.05) is 44.9 Å². The van der Waals surface area contributed by atoms with E-state index in [0.717, 1.165) is 19.3 Å². The highest BCUT2D eigenvalue weighted by Crippen LogP contribution is 2.35. The van der Waals surface area contributed by atoms with Gasteiger partial charge >= 0.3 is 5.97 Å². The van der Waals surface area contributed by atoms with E-state index in [0.29, 0.717) is 5.69 Å². The van der Waals surface area contributed by atoms with Crippen molar-refractivity contribution in [3.63, 3.8) is 0 Å². The maximum Gasteiger partial charge on any atom is 0.336 e. The van der Waals surface area contributed by atoms with Crippen LogP contribution < -0.4 is 5.32 Å². The molecule has 0 spiro atoms. The van der Waals surface area contributed by atoms with Crippen molar-refractivity contribution in [1.29, 1.82) is 0 Å². The van der Waals surface area contributed by atoms with Crippen LogP contribution in [0.2, 0.25) is 0 Å². The van der Waals surface area contributed by atoms with Crippen LogP contribution >= 0.6 is 0 Å². The number of benzene rings is 1. The lowest BCUT2D eigenvalue weighted by Gasteiger charge is -2.31. The number of carboxylic acids is 1. The summed E-state index contributed by atoms with van der Waals surface area (Å²) in [5, 5.41) is 22.2. The quantitative estimate of drug-likeness (QED) is 0.639. The van der Waals surface area contributed by atoms with E-state index in [1.54, 1.807) is 12.1 Å². The van der Waals surface area contributed by atoms with Gasteiger partial charge in [0.1, 0.15) is 5.70 Å². The molecule has 0 aromatic heterocycles. The first kappa shape index (κ1) is 19.0. The molecule has 1 aliphatic rings. The number of aliphatic hydroxyl groups is 1. The Hall–Kier alpha value is -2.34. The third-order valence-electron chi connectivity index (χ3n) is 4.62. The van der Waals surface area contributed by atoms with E-state index in [-0.39, 0.29) is 36.2 Å². The van der Waals surface area contributed by atoms with Crippen LogP contribution in [-0.4, -0.2) is 46.2 Å². The summed E-state index contributed by atoms with van der Waals surface area (Å²) in [5.41, 5.74) is 0.868. The smallest absolute Gasteiger partial charge is 0.336 e. The number of para-hydroxylation sites is 1. The average Bonchev–Trinajstić information content (AvgIpc) is 2.87. The molecule has 136 valence electrons. The second-order valence-corrected chi connectivity index (χ2v) is 6.21. The predicted molar refractivity (Wildman–Crippen MR) is 96.0 cm³/mol. The summed E-state index contributed by atoms with van der Waals surface area (Å²) in [5.74, 6) is -1.41. The molecule has 1 aromatic carbocycles. The molecule has 1 amide bonds. The molecule has 2 rings (SSSR count). The molecule has 3 N–H and O–H groups in total. The fraction of sp³-hybridized carbons (Fsp3) is 0.474. The van der Waals surface area contributed by atoms with Crippen molar-refractivity contribution in [3.8, 4) is 0 Å². The van der Waals surface area contributed by atoms with Crippen LogP contribution in [0.5, 0.6) is 0 Å². The number of carboxylic acid groups (broad SMARTS) is 1. The van der Waals surface area contributed by atoms with Crippen molar-refractivity contribution >= 4 is 17.6 Å². The van der Waals surface area contributed by atoms with Gasteiger partial charge in [0.25, 0.3) is 5.91 Å². The molecular weight excluding hydrogens is 320 g/mol. The molecule has 2 atom stereocenters. The number of carbonyl (C=O) groups excluding carboxylic acids is 1. The molecule has 0 saturated heterocycles. The molecule has 1 aliphatic heterocycles. The maximum atomic E-state index is 12.9. The first-order valence-corrected chi connectivity index (χ1v) is 8.76. The summed E-state index contributed by atoms with van der Waals surface area (Å²) < 4.78 is 0. The molecule has 25 heavy (non-hydrogen) atoms. The Morgan fingerprint density at radius 3 is 2.48 bits per heavy atom. The molecule has 6 nitrogen and oxygen atoms in total. The molecule has 0 saturated carbocycles.